The van der Waals surface area contributed by atoms with Crippen molar-refractivity contribution in [2.45, 2.75) is 6.54 Å². The molecule has 9 heteroatoms. The number of hydrogen-bond donors (Lipinski definition) is 3. The van der Waals surface area contributed by atoms with Crippen LogP contribution in [-0.2, 0) is 11.4 Å². The van der Waals surface area contributed by atoms with Gasteiger partial charge in [-0.2, -0.15) is 0 Å². The van der Waals surface area contributed by atoms with Crippen LogP contribution in [0.3, 0.4) is 0 Å². The molecule has 0 fully saturated rings. The predicted molar refractivity (Wildman–Crippen MR) is 84.7 cm³/mol. The summed E-state index contributed by atoms with van der Waals surface area (Å²) in [5, 5.41) is 10.3. The molecule has 0 aromatic carbocycles. The molecule has 2 rings (SSSR count). The molecule has 0 saturated carbocycles. The van der Waals surface area contributed by atoms with Crippen LogP contribution in [0.1, 0.15) is 10.4 Å². The summed E-state index contributed by atoms with van der Waals surface area (Å²) >= 11 is 0. The number of allylic oxidation sites excluding steroid dienone is 3. The first-order valence-electron chi connectivity index (χ1n) is 7.00. The fourth-order valence-electron chi connectivity index (χ4n) is 1.97. The summed E-state index contributed by atoms with van der Waals surface area (Å²) in [6, 6.07) is 3.25. The third-order valence-corrected chi connectivity index (χ3v) is 3.14. The van der Waals surface area contributed by atoms with Gasteiger partial charge >= 0.3 is 6.21 Å². The minimum absolute atomic E-state index is 0.326. The molecule has 0 saturated heterocycles. The fourth-order valence-corrected chi connectivity index (χ4v) is 1.97. The van der Waals surface area contributed by atoms with E-state index in [2.05, 4.69) is 4.85 Å². The van der Waals surface area contributed by atoms with Crippen molar-refractivity contribution in [2.24, 2.45) is 5.73 Å². The van der Waals surface area contributed by atoms with Gasteiger partial charge in [0.15, 0.2) is 23.8 Å². The first-order chi connectivity index (χ1) is 11.6. The van der Waals surface area contributed by atoms with Gasteiger partial charge in [-0.3, -0.25) is 20.3 Å². The zero-order valence-corrected chi connectivity index (χ0v) is 12.7. The number of carbonyl (C=O) groups is 1. The van der Waals surface area contributed by atoms with Crippen molar-refractivity contribution in [3.05, 3.63) is 70.8 Å². The first-order valence-corrected chi connectivity index (χ1v) is 7.00. The molecule has 0 radical (unpaired) electrons. The Kier molecular flexibility index (Phi) is 5.98. The molecule has 9 nitrogen and oxygen atoms in total. The Morgan fingerprint density at radius 3 is 2.83 bits per heavy atom. The summed E-state index contributed by atoms with van der Waals surface area (Å²) in [5.74, 6) is -0.479. The van der Waals surface area contributed by atoms with Crippen LogP contribution < -0.4 is 20.6 Å². The van der Waals surface area contributed by atoms with Crippen LogP contribution in [0.25, 0.3) is 0 Å². The lowest BCUT2D eigenvalue weighted by Crippen LogP contribution is -2.37. The van der Waals surface area contributed by atoms with Crippen LogP contribution >= 0.6 is 0 Å². The van der Waals surface area contributed by atoms with E-state index >= 15 is 0 Å². The lowest BCUT2D eigenvalue weighted by Gasteiger charge is -2.22. The van der Waals surface area contributed by atoms with Crippen molar-refractivity contribution < 1.29 is 19.4 Å². The molecule has 1 aliphatic rings. The molecule has 0 spiro atoms. The number of nitrogens with one attached hydrogen (secondary N) is 1. The number of aromatic nitrogens is 1. The maximum Gasteiger partial charge on any atom is 0.368 e. The average Bonchev–Trinajstić information content (AvgIpc) is 2.58. The maximum atomic E-state index is 11.0. The predicted octanol–water partition coefficient (Wildman–Crippen LogP) is -0.515. The first kappa shape index (κ1) is 17.1. The monoisotopic (exact) mass is 331 g/mol. The molecule has 0 unspecified atom stereocenters. The highest BCUT2D eigenvalue weighted by molar-refractivity contribution is 5.92. The van der Waals surface area contributed by atoms with Gasteiger partial charge in [-0.25, -0.2) is 9.63 Å². The van der Waals surface area contributed by atoms with Gasteiger partial charge in [0.05, 0.1) is 23.0 Å². The smallest absolute Gasteiger partial charge is 0.366 e. The highest BCUT2D eigenvalue weighted by Crippen LogP contribution is 2.15. The van der Waals surface area contributed by atoms with E-state index < -0.39 is 5.91 Å². The van der Waals surface area contributed by atoms with Crippen LogP contribution in [-0.4, -0.2) is 29.0 Å². The molecule has 4 N–H and O–H groups in total. The number of hydrogen-bond acceptors (Lipinski definition) is 6. The summed E-state index contributed by atoms with van der Waals surface area (Å²) in [6.45, 7) is 0.855. The van der Waals surface area contributed by atoms with Gasteiger partial charge in [-0.05, 0) is 12.2 Å². The zero-order valence-electron chi connectivity index (χ0n) is 12.7. The van der Waals surface area contributed by atoms with Crippen LogP contribution in [0.15, 0.2) is 60.3 Å². The van der Waals surface area contributed by atoms with E-state index in [-0.39, 0.29) is 0 Å². The molecule has 1 aromatic heterocycles. The van der Waals surface area contributed by atoms with E-state index in [0.717, 1.165) is 6.21 Å². The number of rotatable bonds is 7. The third kappa shape index (κ3) is 4.62. The molecule has 0 aliphatic carbocycles. The van der Waals surface area contributed by atoms with E-state index in [4.69, 9.17) is 15.8 Å². The Bertz CT molecular complexity index is 733. The second-order valence-electron chi connectivity index (χ2n) is 4.74. The third-order valence-electron chi connectivity index (χ3n) is 3.14. The zero-order chi connectivity index (χ0) is 17.4. The Balaban J connectivity index is 1.93. The van der Waals surface area contributed by atoms with Crippen molar-refractivity contribution in [3.8, 4) is 0 Å². The van der Waals surface area contributed by atoms with Gasteiger partial charge in [0.2, 0.25) is 10.8 Å². The summed E-state index contributed by atoms with van der Waals surface area (Å²) in [4.78, 5) is 29.6. The fraction of sp³-hybridized carbons (Fsp3) is 0.133. The van der Waals surface area contributed by atoms with Gasteiger partial charge in [-0.15, -0.1) is 0 Å². The number of nitrogens with zero attached hydrogens (tertiary/aromatic N) is 3. The van der Waals surface area contributed by atoms with E-state index in [0.29, 0.717) is 30.0 Å². The molecule has 0 bridgehead atoms. The minimum Gasteiger partial charge on any atom is -0.366 e. The molecule has 2 heterocycles. The van der Waals surface area contributed by atoms with Crippen molar-refractivity contribution in [3.63, 3.8) is 0 Å². The number of nitroso groups, excluding NO2 is 1. The minimum atomic E-state index is -0.479. The van der Waals surface area contributed by atoms with E-state index in [9.17, 15) is 9.70 Å². The van der Waals surface area contributed by atoms with Crippen molar-refractivity contribution >= 4 is 12.1 Å². The van der Waals surface area contributed by atoms with Crippen LogP contribution in [0.2, 0.25) is 0 Å². The number of hydroxylamine groups is 3. The summed E-state index contributed by atoms with van der Waals surface area (Å²) in [6.07, 6.45) is 10.8. The second-order valence-corrected chi connectivity index (χ2v) is 4.74. The highest BCUT2D eigenvalue weighted by atomic mass is 16.7. The van der Waals surface area contributed by atoms with Gasteiger partial charge in [0.1, 0.15) is 6.61 Å². The Labute approximate surface area is 137 Å². The lowest BCUT2D eigenvalue weighted by molar-refractivity contribution is -0.699. The Morgan fingerprint density at radius 2 is 2.21 bits per heavy atom. The largest absolute Gasteiger partial charge is 0.368 e. The molecule has 24 heavy (non-hydrogen) atoms. The SMILES string of the molecule is NC(=O)c1cc[n+](CCON2C=CC(C=[N+]=O)=CC2=CNO)cc1. The summed E-state index contributed by atoms with van der Waals surface area (Å²) in [5.41, 5.74) is 8.60. The molecule has 1 aromatic rings. The van der Waals surface area contributed by atoms with Crippen molar-refractivity contribution in [1.29, 1.82) is 0 Å². The average molecular weight is 331 g/mol. The maximum absolute atomic E-state index is 11.0. The number of primary amides is 1. The molecule has 1 aliphatic heterocycles. The number of pyridine rings is 1. The van der Waals surface area contributed by atoms with E-state index in [1.807, 2.05) is 10.0 Å². The standard InChI is InChI=1S/C15H15N5O4/c16-15(21)13-2-4-19(5-3-13)7-8-24-20-6-1-12(10-17-22)9-14(20)11-18-23/h1-6,9-11H,7-8H2,(H2-,16,21,22,23)/p+2. The van der Waals surface area contributed by atoms with Gasteiger partial charge in [0, 0.05) is 18.3 Å². The van der Waals surface area contributed by atoms with E-state index in [1.54, 1.807) is 42.9 Å². The van der Waals surface area contributed by atoms with Crippen LogP contribution in [0.4, 0.5) is 0 Å². The van der Waals surface area contributed by atoms with Crippen molar-refractivity contribution in [1.82, 2.24) is 15.4 Å². The molecular formula is C15H17N5O4+2. The number of carbonyl (C=O) groups excluding carboxylic acids is 1. The molecule has 124 valence electrons. The summed E-state index contributed by atoms with van der Waals surface area (Å²) in [7, 11) is 0. The van der Waals surface area contributed by atoms with Crippen LogP contribution in [0.5, 0.6) is 0 Å². The highest BCUT2D eigenvalue weighted by Gasteiger charge is 2.14. The lowest BCUT2D eigenvalue weighted by atomic mass is 10.2. The second kappa shape index (κ2) is 8.39. The van der Waals surface area contributed by atoms with E-state index in [1.165, 1.54) is 11.3 Å². The number of nitrogens with two attached hydrogens (primary N) is 1. The topological polar surface area (TPSA) is 123 Å². The molecule has 0 atom stereocenters. The molecular weight excluding hydrogens is 314 g/mol. The Morgan fingerprint density at radius 1 is 1.46 bits per heavy atom. The van der Waals surface area contributed by atoms with Gasteiger partial charge < -0.3 is 5.73 Å². The number of amides is 1. The quantitative estimate of drug-likeness (QED) is 0.267. The normalized spacial score (nSPS) is 15.0. The van der Waals surface area contributed by atoms with Gasteiger partial charge in [0.25, 0.3) is 0 Å². The molecule has 1 amide bonds. The van der Waals surface area contributed by atoms with Crippen molar-refractivity contribution in [2.75, 3.05) is 6.61 Å². The Hall–Kier alpha value is -3.26. The van der Waals surface area contributed by atoms with Crippen LogP contribution in [0, 0.1) is 4.91 Å². The van der Waals surface area contributed by atoms with Gasteiger partial charge in [-0.1, -0.05) is 0 Å². The summed E-state index contributed by atoms with van der Waals surface area (Å²) < 4.78 is 1.83.